The molecule has 0 aliphatic carbocycles. The quantitative estimate of drug-likeness (QED) is 0.731. The maximum absolute atomic E-state index is 13.4. The molecule has 0 radical (unpaired) electrons. The van der Waals surface area contributed by atoms with E-state index in [1.165, 1.54) is 12.1 Å². The molecule has 2 aromatic rings. The zero-order valence-corrected chi connectivity index (χ0v) is 13.4. The minimum Gasteiger partial charge on any atom is -0.457 e. The Labute approximate surface area is 134 Å². The monoisotopic (exact) mass is 327 g/mol. The van der Waals surface area contributed by atoms with Crippen LogP contribution in [0.2, 0.25) is 10.0 Å². The third kappa shape index (κ3) is 4.34. The molecule has 2 nitrogen and oxygen atoms in total. The molecule has 0 aliphatic rings. The van der Waals surface area contributed by atoms with Crippen LogP contribution in [-0.2, 0) is 6.54 Å². The summed E-state index contributed by atoms with van der Waals surface area (Å²) in [6, 6.07) is 9.52. The molecule has 0 saturated heterocycles. The highest BCUT2D eigenvalue weighted by atomic mass is 35.5. The molecule has 2 rings (SSSR count). The summed E-state index contributed by atoms with van der Waals surface area (Å²) in [5.41, 5.74) is 0.783. The van der Waals surface area contributed by atoms with Gasteiger partial charge in [-0.2, -0.15) is 0 Å². The van der Waals surface area contributed by atoms with Crippen LogP contribution < -0.4 is 4.74 Å². The van der Waals surface area contributed by atoms with Crippen LogP contribution in [0.5, 0.6) is 11.5 Å². The zero-order chi connectivity index (χ0) is 15.4. The van der Waals surface area contributed by atoms with Crippen molar-refractivity contribution < 1.29 is 9.13 Å². The van der Waals surface area contributed by atoms with Gasteiger partial charge < -0.3 is 9.64 Å². The van der Waals surface area contributed by atoms with Crippen molar-refractivity contribution in [1.29, 1.82) is 0 Å². The zero-order valence-electron chi connectivity index (χ0n) is 11.9. The van der Waals surface area contributed by atoms with Crippen LogP contribution in [0.1, 0.15) is 12.5 Å². The average molecular weight is 328 g/mol. The molecule has 0 saturated carbocycles. The second-order valence-corrected chi connectivity index (χ2v) is 5.57. The van der Waals surface area contributed by atoms with Gasteiger partial charge in [-0.25, -0.2) is 4.39 Å². The average Bonchev–Trinajstić information content (AvgIpc) is 2.45. The smallest absolute Gasteiger partial charge is 0.132 e. The van der Waals surface area contributed by atoms with E-state index in [9.17, 15) is 4.39 Å². The molecule has 0 aliphatic heterocycles. The van der Waals surface area contributed by atoms with Crippen molar-refractivity contribution in [2.75, 3.05) is 13.6 Å². The van der Waals surface area contributed by atoms with Crippen molar-refractivity contribution in [3.8, 4) is 11.5 Å². The molecule has 0 N–H and O–H groups in total. The van der Waals surface area contributed by atoms with E-state index < -0.39 is 0 Å². The van der Waals surface area contributed by atoms with E-state index in [2.05, 4.69) is 4.90 Å². The summed E-state index contributed by atoms with van der Waals surface area (Å²) in [6.45, 7) is 3.51. The number of halogens is 3. The van der Waals surface area contributed by atoms with Gasteiger partial charge in [0.05, 0.1) is 10.0 Å². The van der Waals surface area contributed by atoms with Gasteiger partial charge in [0.2, 0.25) is 0 Å². The lowest BCUT2D eigenvalue weighted by Crippen LogP contribution is -2.17. The molecule has 0 amide bonds. The predicted molar refractivity (Wildman–Crippen MR) is 84.9 cm³/mol. The summed E-state index contributed by atoms with van der Waals surface area (Å²) < 4.78 is 19.3. The van der Waals surface area contributed by atoms with Crippen LogP contribution in [0.4, 0.5) is 4.39 Å². The highest BCUT2D eigenvalue weighted by Gasteiger charge is 2.10. The Bertz CT molecular complexity index is 634. The Morgan fingerprint density at radius 3 is 2.52 bits per heavy atom. The SMILES string of the molecule is CCN(C)Cc1cc(F)ccc1Oc1ccc(Cl)c(Cl)c1. The molecule has 0 fully saturated rings. The van der Waals surface area contributed by atoms with E-state index in [4.69, 9.17) is 27.9 Å². The third-order valence-electron chi connectivity index (χ3n) is 3.12. The van der Waals surface area contributed by atoms with Crippen LogP contribution in [0, 0.1) is 5.82 Å². The highest BCUT2D eigenvalue weighted by molar-refractivity contribution is 6.42. The molecule has 0 spiro atoms. The minimum absolute atomic E-state index is 0.281. The van der Waals surface area contributed by atoms with Crippen molar-refractivity contribution in [3.63, 3.8) is 0 Å². The number of nitrogens with zero attached hydrogens (tertiary/aromatic N) is 1. The number of hydrogen-bond acceptors (Lipinski definition) is 2. The van der Waals surface area contributed by atoms with Gasteiger partial charge in [0.1, 0.15) is 17.3 Å². The first-order valence-electron chi connectivity index (χ1n) is 6.59. The maximum Gasteiger partial charge on any atom is 0.132 e. The summed E-state index contributed by atoms with van der Waals surface area (Å²) in [5, 5.41) is 0.887. The first kappa shape index (κ1) is 16.1. The fraction of sp³-hybridized carbons (Fsp3) is 0.250. The van der Waals surface area contributed by atoms with Gasteiger partial charge >= 0.3 is 0 Å². The standard InChI is InChI=1S/C16H16Cl2FNO/c1-3-20(2)10-11-8-12(19)4-7-16(11)21-13-5-6-14(17)15(18)9-13/h4-9H,3,10H2,1-2H3. The van der Waals surface area contributed by atoms with Gasteiger partial charge in [0, 0.05) is 18.2 Å². The summed E-state index contributed by atoms with van der Waals surface area (Å²) in [4.78, 5) is 2.07. The number of ether oxygens (including phenoxy) is 1. The number of rotatable bonds is 5. The number of hydrogen-bond donors (Lipinski definition) is 0. The van der Waals surface area contributed by atoms with E-state index in [-0.39, 0.29) is 5.82 Å². The fourth-order valence-corrected chi connectivity index (χ4v) is 2.13. The van der Waals surface area contributed by atoms with Crippen molar-refractivity contribution >= 4 is 23.2 Å². The molecule has 0 aromatic heterocycles. The highest BCUT2D eigenvalue weighted by Crippen LogP contribution is 2.31. The lowest BCUT2D eigenvalue weighted by Gasteiger charge is -2.17. The summed E-state index contributed by atoms with van der Waals surface area (Å²) in [5.74, 6) is 0.891. The molecule has 0 bridgehead atoms. The van der Waals surface area contributed by atoms with Crippen LogP contribution in [0.15, 0.2) is 36.4 Å². The van der Waals surface area contributed by atoms with E-state index >= 15 is 0 Å². The predicted octanol–water partition coefficient (Wildman–Crippen LogP) is 5.38. The van der Waals surface area contributed by atoms with E-state index in [1.807, 2.05) is 14.0 Å². The van der Waals surface area contributed by atoms with E-state index in [0.717, 1.165) is 12.1 Å². The molecular formula is C16H16Cl2FNO. The Morgan fingerprint density at radius 2 is 1.86 bits per heavy atom. The largest absolute Gasteiger partial charge is 0.457 e. The number of benzene rings is 2. The fourth-order valence-electron chi connectivity index (χ4n) is 1.84. The maximum atomic E-state index is 13.4. The van der Waals surface area contributed by atoms with Crippen LogP contribution >= 0.6 is 23.2 Å². The van der Waals surface area contributed by atoms with Gasteiger partial charge in [0.25, 0.3) is 0 Å². The van der Waals surface area contributed by atoms with E-state index in [1.54, 1.807) is 24.3 Å². The van der Waals surface area contributed by atoms with Crippen LogP contribution in [0.25, 0.3) is 0 Å². The Kier molecular flexibility index (Phi) is 5.45. The van der Waals surface area contributed by atoms with Crippen molar-refractivity contribution in [3.05, 3.63) is 57.8 Å². The normalized spacial score (nSPS) is 11.0. The van der Waals surface area contributed by atoms with Crippen molar-refractivity contribution in [2.45, 2.75) is 13.5 Å². The van der Waals surface area contributed by atoms with Crippen molar-refractivity contribution in [1.82, 2.24) is 4.90 Å². The summed E-state index contributed by atoms with van der Waals surface area (Å²) in [7, 11) is 1.97. The van der Waals surface area contributed by atoms with Gasteiger partial charge in [-0.15, -0.1) is 0 Å². The first-order chi connectivity index (χ1) is 9.99. The Hall–Kier alpha value is -1.29. The molecule has 0 unspecified atom stereocenters. The Morgan fingerprint density at radius 1 is 1.10 bits per heavy atom. The molecule has 21 heavy (non-hydrogen) atoms. The summed E-state index contributed by atoms with van der Waals surface area (Å²) >= 11 is 11.9. The Balaban J connectivity index is 2.28. The first-order valence-corrected chi connectivity index (χ1v) is 7.35. The van der Waals surface area contributed by atoms with Gasteiger partial charge in [-0.3, -0.25) is 0 Å². The molecule has 5 heteroatoms. The second kappa shape index (κ2) is 7.12. The lowest BCUT2D eigenvalue weighted by molar-refractivity contribution is 0.338. The van der Waals surface area contributed by atoms with Gasteiger partial charge in [-0.1, -0.05) is 30.1 Å². The second-order valence-electron chi connectivity index (χ2n) is 4.76. The van der Waals surface area contributed by atoms with Gasteiger partial charge in [0.15, 0.2) is 0 Å². The topological polar surface area (TPSA) is 12.5 Å². The third-order valence-corrected chi connectivity index (χ3v) is 3.86. The summed E-state index contributed by atoms with van der Waals surface area (Å²) in [6.07, 6.45) is 0. The molecular weight excluding hydrogens is 312 g/mol. The molecule has 0 heterocycles. The van der Waals surface area contributed by atoms with Crippen LogP contribution in [-0.4, -0.2) is 18.5 Å². The van der Waals surface area contributed by atoms with Gasteiger partial charge in [-0.05, 0) is 43.9 Å². The molecule has 112 valence electrons. The van der Waals surface area contributed by atoms with Crippen molar-refractivity contribution in [2.24, 2.45) is 0 Å². The molecule has 0 atom stereocenters. The minimum atomic E-state index is -0.281. The molecule has 2 aromatic carbocycles. The lowest BCUT2D eigenvalue weighted by atomic mass is 10.2. The van der Waals surface area contributed by atoms with Crippen LogP contribution in [0.3, 0.4) is 0 Å². The van der Waals surface area contributed by atoms with E-state index in [0.29, 0.717) is 28.1 Å².